The normalized spacial score (nSPS) is 15.0. The highest BCUT2D eigenvalue weighted by atomic mass is 16.5. The molecule has 0 bridgehead atoms. The Balaban J connectivity index is 0.936. The molecule has 1 aliphatic carbocycles. The summed E-state index contributed by atoms with van der Waals surface area (Å²) in [7, 11) is 0. The molecular formula is C68H43NO2. The first-order chi connectivity index (χ1) is 35.2. The molecular weight excluding hydrogens is 863 g/mol. The van der Waals surface area contributed by atoms with Crippen molar-refractivity contribution in [2.75, 3.05) is 0 Å². The number of hydrogen-bond donors (Lipinski definition) is 0. The number of fused-ring (bicyclic) bond motifs is 11. The van der Waals surface area contributed by atoms with Crippen LogP contribution in [0.4, 0.5) is 0 Å². The van der Waals surface area contributed by atoms with E-state index in [1.165, 1.54) is 65.7 Å². The third-order valence-corrected chi connectivity index (χ3v) is 15.1. The molecule has 13 aromatic rings. The molecule has 0 amide bonds. The number of rotatable bonds is 6. The monoisotopic (exact) mass is 905 g/mol. The van der Waals surface area contributed by atoms with E-state index in [1.807, 2.05) is 6.07 Å². The van der Waals surface area contributed by atoms with Crippen molar-refractivity contribution in [3.63, 3.8) is 0 Å². The van der Waals surface area contributed by atoms with Gasteiger partial charge in [0.15, 0.2) is 0 Å². The van der Waals surface area contributed by atoms with Gasteiger partial charge in [0.05, 0.1) is 11.0 Å². The van der Waals surface area contributed by atoms with E-state index < -0.39 is 0 Å². The fourth-order valence-electron chi connectivity index (χ4n) is 11.9. The predicted molar refractivity (Wildman–Crippen MR) is 296 cm³/mol. The summed E-state index contributed by atoms with van der Waals surface area (Å²) in [6, 6.07) is 82.0. The van der Waals surface area contributed by atoms with E-state index >= 15 is 0 Å². The van der Waals surface area contributed by atoms with E-state index in [2.05, 4.69) is 247 Å². The molecule has 3 nitrogen and oxygen atoms in total. The van der Waals surface area contributed by atoms with Crippen LogP contribution in [0.5, 0.6) is 5.75 Å². The van der Waals surface area contributed by atoms with Crippen molar-refractivity contribution in [3.05, 3.63) is 254 Å². The number of allylic oxidation sites excluding steroid dienone is 2. The Hall–Kier alpha value is -9.18. The lowest BCUT2D eigenvalue weighted by molar-refractivity contribution is 0.270. The third kappa shape index (κ3) is 6.16. The average molecular weight is 906 g/mol. The molecule has 332 valence electrons. The van der Waals surface area contributed by atoms with E-state index in [4.69, 9.17) is 9.15 Å². The summed E-state index contributed by atoms with van der Waals surface area (Å²) in [4.78, 5) is 0. The maximum Gasteiger partial charge on any atom is 0.143 e. The SMILES string of the molecule is C1=CC2Oc3c(-c4ccc5c(c4)c4cc(-c6cccc7c6oc6ccccc67)ccc4n5-c4cccc(-c5ccc6c(-c7ccccc7)c7ccccc7c(-c7ccccc7)c6c5)c4)cccc3C2C=C1. The van der Waals surface area contributed by atoms with Gasteiger partial charge in [-0.05, 0) is 121 Å². The largest absolute Gasteiger partial charge is 0.484 e. The van der Waals surface area contributed by atoms with Gasteiger partial charge in [0.1, 0.15) is 23.0 Å². The number of aromatic nitrogens is 1. The summed E-state index contributed by atoms with van der Waals surface area (Å²) in [5, 5.41) is 9.56. The van der Waals surface area contributed by atoms with Crippen LogP contribution in [-0.4, -0.2) is 10.7 Å². The molecule has 11 aromatic carbocycles. The first kappa shape index (κ1) is 39.8. The highest BCUT2D eigenvalue weighted by Crippen LogP contribution is 2.49. The van der Waals surface area contributed by atoms with Gasteiger partial charge in [-0.1, -0.05) is 194 Å². The van der Waals surface area contributed by atoms with Crippen LogP contribution in [0.1, 0.15) is 11.5 Å². The van der Waals surface area contributed by atoms with Crippen LogP contribution in [0.25, 0.3) is 127 Å². The van der Waals surface area contributed by atoms with Gasteiger partial charge in [-0.2, -0.15) is 0 Å². The smallest absolute Gasteiger partial charge is 0.143 e. The van der Waals surface area contributed by atoms with Gasteiger partial charge in [0.25, 0.3) is 0 Å². The second-order valence-electron chi connectivity index (χ2n) is 19.0. The summed E-state index contributed by atoms with van der Waals surface area (Å²) < 4.78 is 15.8. The minimum atomic E-state index is 0.00961. The molecule has 15 rings (SSSR count). The molecule has 2 atom stereocenters. The standard InChI is InChI=1S/C68H43NO2/c1-3-16-42(17-4-1)65-53-24-7-8-25-54(53)66(43-18-5-2-6-19-43)60-39-45(32-35-55(60)65)44-20-13-21-48(38-44)69-61-36-33-46(49-26-14-28-56-51-22-9-11-30-63(51)70-67(49)56)40-58(61)59-41-47(34-37-62(59)69)50-27-15-29-57-52-23-10-12-31-64(52)71-68(50)57/h1-41,51,63H. The Kier molecular flexibility index (Phi) is 8.78. The molecule has 0 saturated heterocycles. The second kappa shape index (κ2) is 15.7. The highest BCUT2D eigenvalue weighted by Gasteiger charge is 2.34. The maximum atomic E-state index is 6.72. The lowest BCUT2D eigenvalue weighted by Crippen LogP contribution is -2.15. The van der Waals surface area contributed by atoms with Crippen molar-refractivity contribution in [2.45, 2.75) is 12.0 Å². The molecule has 2 aromatic heterocycles. The summed E-state index contributed by atoms with van der Waals surface area (Å²) >= 11 is 0. The first-order valence-corrected chi connectivity index (χ1v) is 24.6. The van der Waals surface area contributed by atoms with Gasteiger partial charge in [0, 0.05) is 49.8 Å². The van der Waals surface area contributed by atoms with Crippen LogP contribution < -0.4 is 4.74 Å². The Labute approximate surface area is 410 Å². The molecule has 0 saturated carbocycles. The Morgan fingerprint density at radius 3 is 1.66 bits per heavy atom. The second-order valence-corrected chi connectivity index (χ2v) is 19.0. The molecule has 0 fully saturated rings. The van der Waals surface area contributed by atoms with E-state index in [0.29, 0.717) is 0 Å². The third-order valence-electron chi connectivity index (χ3n) is 15.1. The highest BCUT2D eigenvalue weighted by molar-refractivity contribution is 6.22. The fourth-order valence-corrected chi connectivity index (χ4v) is 11.9. The van der Waals surface area contributed by atoms with Crippen LogP contribution in [0.2, 0.25) is 0 Å². The first-order valence-electron chi connectivity index (χ1n) is 24.6. The van der Waals surface area contributed by atoms with Gasteiger partial charge in [-0.15, -0.1) is 0 Å². The molecule has 71 heavy (non-hydrogen) atoms. The Morgan fingerprint density at radius 2 is 0.901 bits per heavy atom. The quantitative estimate of drug-likeness (QED) is 0.156. The zero-order chi connectivity index (χ0) is 46.6. The maximum absolute atomic E-state index is 6.72. The van der Waals surface area contributed by atoms with Crippen LogP contribution >= 0.6 is 0 Å². The van der Waals surface area contributed by atoms with Crippen molar-refractivity contribution in [1.29, 1.82) is 0 Å². The minimum Gasteiger partial charge on any atom is -0.484 e. The van der Waals surface area contributed by atoms with Crippen LogP contribution in [0.3, 0.4) is 0 Å². The molecule has 1 aliphatic heterocycles. The Morgan fingerprint density at radius 1 is 0.352 bits per heavy atom. The van der Waals surface area contributed by atoms with Gasteiger partial charge in [-0.25, -0.2) is 0 Å². The van der Waals surface area contributed by atoms with Crippen LogP contribution in [-0.2, 0) is 0 Å². The molecule has 0 N–H and O–H groups in total. The van der Waals surface area contributed by atoms with Crippen molar-refractivity contribution < 1.29 is 9.15 Å². The van der Waals surface area contributed by atoms with E-state index in [9.17, 15) is 0 Å². The lowest BCUT2D eigenvalue weighted by atomic mass is 9.85. The van der Waals surface area contributed by atoms with Gasteiger partial charge >= 0.3 is 0 Å². The average Bonchev–Trinajstić information content (AvgIpc) is 4.12. The van der Waals surface area contributed by atoms with E-state index in [0.717, 1.165) is 72.2 Å². The summed E-state index contributed by atoms with van der Waals surface area (Å²) in [5.74, 6) is 1.19. The number of furan rings is 1. The number of hydrogen-bond acceptors (Lipinski definition) is 2. The van der Waals surface area contributed by atoms with Crippen LogP contribution in [0, 0.1) is 0 Å². The van der Waals surface area contributed by atoms with E-state index in [1.54, 1.807) is 0 Å². The van der Waals surface area contributed by atoms with Crippen molar-refractivity contribution >= 4 is 65.3 Å². The van der Waals surface area contributed by atoms with Crippen LogP contribution in [0.15, 0.2) is 253 Å². The van der Waals surface area contributed by atoms with Crippen molar-refractivity contribution in [3.8, 4) is 67.1 Å². The Bertz CT molecular complexity index is 4380. The molecule has 2 aliphatic rings. The molecule has 2 unspecified atom stereocenters. The molecule has 0 radical (unpaired) electrons. The number of benzene rings is 11. The topological polar surface area (TPSA) is 27.3 Å². The van der Waals surface area contributed by atoms with Gasteiger partial charge in [0.2, 0.25) is 0 Å². The van der Waals surface area contributed by atoms with Gasteiger partial charge < -0.3 is 13.7 Å². The van der Waals surface area contributed by atoms with Gasteiger partial charge in [-0.3, -0.25) is 0 Å². The number of ether oxygens (including phenoxy) is 1. The summed E-state index contributed by atoms with van der Waals surface area (Å²) in [6.07, 6.45) is 8.68. The van der Waals surface area contributed by atoms with E-state index in [-0.39, 0.29) is 12.0 Å². The van der Waals surface area contributed by atoms with Crippen molar-refractivity contribution in [2.24, 2.45) is 0 Å². The molecule has 3 heteroatoms. The molecule has 3 heterocycles. The lowest BCUT2D eigenvalue weighted by Gasteiger charge is -2.19. The number of para-hydroxylation sites is 3. The fraction of sp³-hybridized carbons (Fsp3) is 0.0294. The summed E-state index contributed by atoms with van der Waals surface area (Å²) in [6.45, 7) is 0. The zero-order valence-corrected chi connectivity index (χ0v) is 38.6. The number of nitrogens with zero attached hydrogens (tertiary/aromatic N) is 1. The molecule has 0 spiro atoms. The predicted octanol–water partition coefficient (Wildman–Crippen LogP) is 18.3. The summed E-state index contributed by atoms with van der Waals surface area (Å²) in [5.41, 5.74) is 18.1. The minimum absolute atomic E-state index is 0.00961. The van der Waals surface area contributed by atoms with Crippen molar-refractivity contribution in [1.82, 2.24) is 4.57 Å². The zero-order valence-electron chi connectivity index (χ0n) is 38.6.